The van der Waals surface area contributed by atoms with E-state index < -0.39 is 0 Å². The first-order chi connectivity index (χ1) is 12.6. The van der Waals surface area contributed by atoms with Crippen LogP contribution in [0.4, 0.5) is 5.13 Å². The molecule has 3 aromatic rings. The van der Waals surface area contributed by atoms with Gasteiger partial charge in [0, 0.05) is 13.0 Å². The SMILES string of the molecule is CN(C)CCCN(C(=O)CCc1ccccc1)c1nc2ccccc2s1. The first-order valence-corrected chi connectivity index (χ1v) is 9.80. The van der Waals surface area contributed by atoms with E-state index in [0.29, 0.717) is 13.0 Å². The number of aryl methyl sites for hydroxylation is 1. The van der Waals surface area contributed by atoms with Gasteiger partial charge in [0.25, 0.3) is 0 Å². The second-order valence-electron chi connectivity index (χ2n) is 6.65. The fourth-order valence-corrected chi connectivity index (χ4v) is 3.89. The number of para-hydroxylation sites is 1. The van der Waals surface area contributed by atoms with Gasteiger partial charge in [-0.3, -0.25) is 9.69 Å². The van der Waals surface area contributed by atoms with Crippen molar-refractivity contribution in [3.05, 3.63) is 60.2 Å². The van der Waals surface area contributed by atoms with E-state index in [1.54, 1.807) is 11.3 Å². The molecule has 0 atom stereocenters. The third-order valence-electron chi connectivity index (χ3n) is 4.27. The summed E-state index contributed by atoms with van der Waals surface area (Å²) in [5.74, 6) is 0.145. The zero-order valence-electron chi connectivity index (χ0n) is 15.4. The average molecular weight is 368 g/mol. The van der Waals surface area contributed by atoms with E-state index in [1.807, 2.05) is 41.3 Å². The van der Waals surface area contributed by atoms with Crippen molar-refractivity contribution in [2.75, 3.05) is 32.1 Å². The summed E-state index contributed by atoms with van der Waals surface area (Å²) in [5.41, 5.74) is 2.15. The maximum Gasteiger partial charge on any atom is 0.229 e. The highest BCUT2D eigenvalue weighted by Gasteiger charge is 2.19. The summed E-state index contributed by atoms with van der Waals surface area (Å²) >= 11 is 1.59. The summed E-state index contributed by atoms with van der Waals surface area (Å²) in [6.45, 7) is 1.65. The largest absolute Gasteiger partial charge is 0.309 e. The van der Waals surface area contributed by atoms with Gasteiger partial charge in [0.15, 0.2) is 5.13 Å². The number of amides is 1. The highest BCUT2D eigenvalue weighted by Crippen LogP contribution is 2.29. The van der Waals surface area contributed by atoms with Gasteiger partial charge in [0.2, 0.25) is 5.91 Å². The number of rotatable bonds is 8. The van der Waals surface area contributed by atoms with Gasteiger partial charge in [-0.15, -0.1) is 0 Å². The van der Waals surface area contributed by atoms with Crippen molar-refractivity contribution >= 4 is 32.6 Å². The summed E-state index contributed by atoms with van der Waals surface area (Å²) in [7, 11) is 4.11. The van der Waals surface area contributed by atoms with Crippen LogP contribution in [0.3, 0.4) is 0 Å². The molecule has 0 saturated heterocycles. The van der Waals surface area contributed by atoms with Crippen LogP contribution in [0.5, 0.6) is 0 Å². The molecule has 26 heavy (non-hydrogen) atoms. The van der Waals surface area contributed by atoms with Crippen molar-refractivity contribution in [1.82, 2.24) is 9.88 Å². The van der Waals surface area contributed by atoms with Crippen molar-refractivity contribution in [2.24, 2.45) is 0 Å². The van der Waals surface area contributed by atoms with Crippen LogP contribution in [0.1, 0.15) is 18.4 Å². The Balaban J connectivity index is 1.74. The molecule has 0 saturated carbocycles. The smallest absolute Gasteiger partial charge is 0.229 e. The number of fused-ring (bicyclic) bond motifs is 1. The Morgan fingerprint density at radius 2 is 1.73 bits per heavy atom. The summed E-state index contributed by atoms with van der Waals surface area (Å²) in [5, 5.41) is 0.808. The molecule has 0 N–H and O–H groups in total. The Morgan fingerprint density at radius 1 is 1.00 bits per heavy atom. The Hall–Kier alpha value is -2.24. The molecule has 0 fully saturated rings. The highest BCUT2D eigenvalue weighted by atomic mass is 32.1. The number of carbonyl (C=O) groups excluding carboxylic acids is 1. The number of nitrogens with zero attached hydrogens (tertiary/aromatic N) is 3. The lowest BCUT2D eigenvalue weighted by atomic mass is 10.1. The van der Waals surface area contributed by atoms with Gasteiger partial charge in [0.05, 0.1) is 10.2 Å². The van der Waals surface area contributed by atoms with Gasteiger partial charge in [-0.1, -0.05) is 53.8 Å². The molecular weight excluding hydrogens is 342 g/mol. The molecule has 0 radical (unpaired) electrons. The third kappa shape index (κ3) is 4.90. The van der Waals surface area contributed by atoms with Gasteiger partial charge in [0.1, 0.15) is 0 Å². The van der Waals surface area contributed by atoms with Crippen molar-refractivity contribution in [3.63, 3.8) is 0 Å². The van der Waals surface area contributed by atoms with Gasteiger partial charge in [-0.2, -0.15) is 0 Å². The lowest BCUT2D eigenvalue weighted by Gasteiger charge is -2.21. The number of aromatic nitrogens is 1. The van der Waals surface area contributed by atoms with E-state index in [-0.39, 0.29) is 5.91 Å². The summed E-state index contributed by atoms with van der Waals surface area (Å²) in [4.78, 5) is 21.7. The first-order valence-electron chi connectivity index (χ1n) is 8.98. The predicted octanol–water partition coefficient (Wildman–Crippen LogP) is 4.21. The molecule has 1 aromatic heterocycles. The molecule has 0 unspecified atom stereocenters. The summed E-state index contributed by atoms with van der Waals surface area (Å²) in [6.07, 6.45) is 2.19. The summed E-state index contributed by atoms with van der Waals surface area (Å²) < 4.78 is 1.12. The topological polar surface area (TPSA) is 36.4 Å². The van der Waals surface area contributed by atoms with Crippen LogP contribution in [-0.4, -0.2) is 43.0 Å². The van der Waals surface area contributed by atoms with Gasteiger partial charge >= 0.3 is 0 Å². The summed E-state index contributed by atoms with van der Waals surface area (Å²) in [6, 6.07) is 18.2. The van der Waals surface area contributed by atoms with Crippen molar-refractivity contribution in [2.45, 2.75) is 19.3 Å². The van der Waals surface area contributed by atoms with Crippen LogP contribution in [0.25, 0.3) is 10.2 Å². The number of hydrogen-bond donors (Lipinski definition) is 0. The number of benzene rings is 2. The maximum atomic E-state index is 12.9. The van der Waals surface area contributed by atoms with Crippen molar-refractivity contribution < 1.29 is 4.79 Å². The lowest BCUT2D eigenvalue weighted by Crippen LogP contribution is -2.33. The molecule has 0 aliphatic rings. The quantitative estimate of drug-likeness (QED) is 0.598. The molecule has 4 nitrogen and oxygen atoms in total. The number of anilines is 1. The third-order valence-corrected chi connectivity index (χ3v) is 5.33. The van der Waals surface area contributed by atoms with Crippen LogP contribution in [-0.2, 0) is 11.2 Å². The minimum absolute atomic E-state index is 0.145. The molecule has 0 aliphatic heterocycles. The van der Waals surface area contributed by atoms with Crippen LogP contribution < -0.4 is 4.90 Å². The second kappa shape index (κ2) is 8.92. The van der Waals surface area contributed by atoms with Crippen LogP contribution in [0.2, 0.25) is 0 Å². The number of thiazole rings is 1. The van der Waals surface area contributed by atoms with Gasteiger partial charge < -0.3 is 4.90 Å². The molecule has 1 amide bonds. The van der Waals surface area contributed by atoms with E-state index in [2.05, 4.69) is 37.2 Å². The Labute approximate surface area is 159 Å². The first kappa shape index (κ1) is 18.5. The molecule has 3 rings (SSSR count). The molecule has 136 valence electrons. The fourth-order valence-electron chi connectivity index (χ4n) is 2.88. The van der Waals surface area contributed by atoms with E-state index in [0.717, 1.165) is 34.7 Å². The molecule has 0 aliphatic carbocycles. The van der Waals surface area contributed by atoms with E-state index >= 15 is 0 Å². The van der Waals surface area contributed by atoms with E-state index in [1.165, 1.54) is 5.56 Å². The van der Waals surface area contributed by atoms with Crippen molar-refractivity contribution in [3.8, 4) is 0 Å². The normalized spacial score (nSPS) is 11.2. The van der Waals surface area contributed by atoms with E-state index in [4.69, 9.17) is 4.98 Å². The zero-order chi connectivity index (χ0) is 18.4. The molecule has 0 bridgehead atoms. The molecule has 2 aromatic carbocycles. The van der Waals surface area contributed by atoms with Crippen LogP contribution >= 0.6 is 11.3 Å². The number of carbonyl (C=O) groups is 1. The minimum Gasteiger partial charge on any atom is -0.309 e. The molecule has 1 heterocycles. The molecular formula is C21H25N3OS. The standard InChI is InChI=1S/C21H25N3OS/c1-23(2)15-8-16-24(20(25)14-13-17-9-4-3-5-10-17)21-22-18-11-6-7-12-19(18)26-21/h3-7,9-12H,8,13-16H2,1-2H3. The predicted molar refractivity (Wildman–Crippen MR) is 110 cm³/mol. The fraction of sp³-hybridized carbons (Fsp3) is 0.333. The monoisotopic (exact) mass is 367 g/mol. The lowest BCUT2D eigenvalue weighted by molar-refractivity contribution is -0.118. The molecule has 0 spiro atoms. The van der Waals surface area contributed by atoms with Crippen LogP contribution in [0.15, 0.2) is 54.6 Å². The van der Waals surface area contributed by atoms with E-state index in [9.17, 15) is 4.79 Å². The van der Waals surface area contributed by atoms with Gasteiger partial charge in [-0.05, 0) is 51.2 Å². The maximum absolute atomic E-state index is 12.9. The number of hydrogen-bond acceptors (Lipinski definition) is 4. The second-order valence-corrected chi connectivity index (χ2v) is 7.66. The average Bonchev–Trinajstić information content (AvgIpc) is 3.07. The zero-order valence-corrected chi connectivity index (χ0v) is 16.2. The highest BCUT2D eigenvalue weighted by molar-refractivity contribution is 7.22. The molecule has 5 heteroatoms. The Kier molecular flexibility index (Phi) is 6.36. The van der Waals surface area contributed by atoms with Crippen LogP contribution in [0, 0.1) is 0 Å². The Morgan fingerprint density at radius 3 is 2.46 bits per heavy atom. The van der Waals surface area contributed by atoms with Crippen molar-refractivity contribution in [1.29, 1.82) is 0 Å². The van der Waals surface area contributed by atoms with Gasteiger partial charge in [-0.25, -0.2) is 4.98 Å². The Bertz CT molecular complexity index is 812. The minimum atomic E-state index is 0.145.